The second-order valence-electron chi connectivity index (χ2n) is 6.78. The van der Waals surface area contributed by atoms with Crippen LogP contribution in [0.2, 0.25) is 0 Å². The number of rotatable bonds is 5. The summed E-state index contributed by atoms with van der Waals surface area (Å²) in [5.41, 5.74) is 2.11. The van der Waals surface area contributed by atoms with Crippen molar-refractivity contribution in [1.29, 1.82) is 0 Å². The van der Waals surface area contributed by atoms with Crippen LogP contribution in [-0.4, -0.2) is 57.5 Å². The molecule has 0 unspecified atom stereocenters. The van der Waals surface area contributed by atoms with Gasteiger partial charge in [0.05, 0.1) is 12.2 Å². The van der Waals surface area contributed by atoms with Crippen molar-refractivity contribution in [2.24, 2.45) is 0 Å². The van der Waals surface area contributed by atoms with Crippen LogP contribution in [0.4, 0.5) is 0 Å². The molecule has 1 saturated heterocycles. The number of aromatic nitrogens is 3. The Labute approximate surface area is 164 Å². The molecule has 0 amide bonds. The van der Waals surface area contributed by atoms with Crippen molar-refractivity contribution in [2.45, 2.75) is 6.67 Å². The molecule has 5 nitrogen and oxygen atoms in total. The van der Waals surface area contributed by atoms with Crippen molar-refractivity contribution in [1.82, 2.24) is 24.8 Å². The van der Waals surface area contributed by atoms with E-state index in [1.165, 1.54) is 5.56 Å². The molecule has 0 radical (unpaired) electrons. The fraction of sp³-hybridized carbons (Fsp3) is 0.286. The number of hydrogen-bond acceptors (Lipinski definition) is 5. The highest BCUT2D eigenvalue weighted by Gasteiger charge is 2.16. The molecule has 138 valence electrons. The van der Waals surface area contributed by atoms with Gasteiger partial charge in [-0.25, -0.2) is 4.68 Å². The molecule has 27 heavy (non-hydrogen) atoms. The first-order chi connectivity index (χ1) is 13.3. The number of fused-ring (bicyclic) bond motifs is 1. The molecule has 0 spiro atoms. The highest BCUT2D eigenvalue weighted by molar-refractivity contribution is 7.71. The number of benzene rings is 2. The van der Waals surface area contributed by atoms with E-state index in [1.807, 2.05) is 35.0 Å². The lowest BCUT2D eigenvalue weighted by Crippen LogP contribution is -2.46. The topological polar surface area (TPSA) is 37.2 Å². The van der Waals surface area contributed by atoms with Gasteiger partial charge in [0.1, 0.15) is 4.64 Å². The Morgan fingerprint density at radius 2 is 1.59 bits per heavy atom. The van der Waals surface area contributed by atoms with Crippen LogP contribution in [0, 0.1) is 4.64 Å². The molecule has 1 aromatic heterocycles. The van der Waals surface area contributed by atoms with Crippen molar-refractivity contribution in [3.8, 4) is 0 Å². The molecular weight excluding hydrogens is 354 g/mol. The fourth-order valence-corrected chi connectivity index (χ4v) is 3.59. The van der Waals surface area contributed by atoms with Crippen molar-refractivity contribution in [2.75, 3.05) is 32.7 Å². The van der Waals surface area contributed by atoms with Gasteiger partial charge in [0.2, 0.25) is 0 Å². The summed E-state index contributed by atoms with van der Waals surface area (Å²) in [6, 6.07) is 18.4. The molecule has 1 aliphatic rings. The van der Waals surface area contributed by atoms with Crippen molar-refractivity contribution < 1.29 is 0 Å². The van der Waals surface area contributed by atoms with Crippen LogP contribution in [0.25, 0.3) is 17.0 Å². The van der Waals surface area contributed by atoms with Crippen LogP contribution in [0.1, 0.15) is 5.56 Å². The zero-order chi connectivity index (χ0) is 18.5. The first-order valence-electron chi connectivity index (χ1n) is 9.28. The van der Waals surface area contributed by atoms with E-state index in [0.29, 0.717) is 6.67 Å². The second kappa shape index (κ2) is 8.52. The van der Waals surface area contributed by atoms with Gasteiger partial charge in [0.15, 0.2) is 0 Å². The van der Waals surface area contributed by atoms with Gasteiger partial charge in [-0.15, -0.1) is 5.10 Å². The predicted molar refractivity (Wildman–Crippen MR) is 112 cm³/mol. The molecule has 3 aromatic rings. The Bertz CT molecular complexity index is 975. The molecule has 6 heteroatoms. The highest BCUT2D eigenvalue weighted by atomic mass is 32.1. The van der Waals surface area contributed by atoms with E-state index in [9.17, 15) is 0 Å². The first kappa shape index (κ1) is 18.0. The minimum absolute atomic E-state index is 0.699. The smallest absolute Gasteiger partial charge is 0.135 e. The Balaban J connectivity index is 1.31. The second-order valence-corrected chi connectivity index (χ2v) is 7.17. The monoisotopic (exact) mass is 377 g/mol. The minimum atomic E-state index is 0.699. The highest BCUT2D eigenvalue weighted by Crippen LogP contribution is 2.12. The van der Waals surface area contributed by atoms with E-state index in [2.05, 4.69) is 56.5 Å². The number of hydrogen-bond donors (Lipinski definition) is 0. The summed E-state index contributed by atoms with van der Waals surface area (Å²) in [7, 11) is 0. The summed E-state index contributed by atoms with van der Waals surface area (Å²) in [4.78, 5) is 4.86. The largest absolute Gasteiger partial charge is 0.297 e. The third kappa shape index (κ3) is 4.47. The number of piperazine rings is 1. The maximum absolute atomic E-state index is 5.60. The predicted octanol–water partition coefficient (Wildman–Crippen LogP) is 3.45. The Morgan fingerprint density at radius 1 is 0.889 bits per heavy atom. The van der Waals surface area contributed by atoms with Crippen LogP contribution >= 0.6 is 12.2 Å². The molecule has 0 bridgehead atoms. The molecule has 0 N–H and O–H groups in total. The zero-order valence-electron chi connectivity index (χ0n) is 15.2. The molecule has 2 aromatic carbocycles. The normalized spacial score (nSPS) is 16.3. The molecule has 1 aliphatic heterocycles. The standard InChI is InChI=1S/C21H23N5S/c27-21-19-10-4-5-11-20(19)22-23-26(21)17-25-15-13-24(14-16-25)12-6-9-18-7-2-1-3-8-18/h1-11H,12-17H2/b9-6+. The average Bonchev–Trinajstić information content (AvgIpc) is 2.72. The molecule has 0 atom stereocenters. The van der Waals surface area contributed by atoms with Gasteiger partial charge in [-0.3, -0.25) is 9.80 Å². The van der Waals surface area contributed by atoms with Gasteiger partial charge in [-0.05, 0) is 17.7 Å². The van der Waals surface area contributed by atoms with Crippen molar-refractivity contribution in [3.63, 3.8) is 0 Å². The summed E-state index contributed by atoms with van der Waals surface area (Å²) >= 11 is 5.60. The third-order valence-corrected chi connectivity index (χ3v) is 5.33. The lowest BCUT2D eigenvalue weighted by molar-refractivity contribution is 0.109. The van der Waals surface area contributed by atoms with E-state index in [0.717, 1.165) is 48.3 Å². The maximum atomic E-state index is 5.60. The quantitative estimate of drug-likeness (QED) is 0.637. The van der Waals surface area contributed by atoms with E-state index in [4.69, 9.17) is 12.2 Å². The summed E-state index contributed by atoms with van der Waals surface area (Å²) in [5.74, 6) is 0. The van der Waals surface area contributed by atoms with Crippen LogP contribution in [0.5, 0.6) is 0 Å². The molecule has 2 heterocycles. The van der Waals surface area contributed by atoms with Gasteiger partial charge in [0.25, 0.3) is 0 Å². The van der Waals surface area contributed by atoms with Gasteiger partial charge < -0.3 is 0 Å². The van der Waals surface area contributed by atoms with Gasteiger partial charge in [0, 0.05) is 38.1 Å². The molecule has 4 rings (SSSR count). The van der Waals surface area contributed by atoms with E-state index < -0.39 is 0 Å². The molecule has 1 fully saturated rings. The summed E-state index contributed by atoms with van der Waals surface area (Å²) in [6.07, 6.45) is 4.44. The summed E-state index contributed by atoms with van der Waals surface area (Å²) < 4.78 is 2.59. The first-order valence-corrected chi connectivity index (χ1v) is 9.69. The average molecular weight is 378 g/mol. The van der Waals surface area contributed by atoms with Gasteiger partial charge >= 0.3 is 0 Å². The summed E-state index contributed by atoms with van der Waals surface area (Å²) in [5, 5.41) is 9.58. The van der Waals surface area contributed by atoms with Crippen LogP contribution in [0.15, 0.2) is 60.7 Å². The lowest BCUT2D eigenvalue weighted by atomic mass is 10.2. The molecule has 0 saturated carbocycles. The van der Waals surface area contributed by atoms with Crippen LogP contribution < -0.4 is 0 Å². The van der Waals surface area contributed by atoms with E-state index in [1.54, 1.807) is 0 Å². The molecule has 0 aliphatic carbocycles. The maximum Gasteiger partial charge on any atom is 0.135 e. The fourth-order valence-electron chi connectivity index (χ4n) is 3.32. The Kier molecular flexibility index (Phi) is 5.67. The zero-order valence-corrected chi connectivity index (χ0v) is 16.1. The lowest BCUT2D eigenvalue weighted by Gasteiger charge is -2.34. The summed E-state index contributed by atoms with van der Waals surface area (Å²) in [6.45, 7) is 5.80. The third-order valence-electron chi connectivity index (χ3n) is 4.90. The molecular formula is C21H23N5S. The van der Waals surface area contributed by atoms with Crippen molar-refractivity contribution >= 4 is 29.2 Å². The Hall–Kier alpha value is -2.41. The van der Waals surface area contributed by atoms with Crippen LogP contribution in [-0.2, 0) is 6.67 Å². The minimum Gasteiger partial charge on any atom is -0.297 e. The number of nitrogens with zero attached hydrogens (tertiary/aromatic N) is 5. The SMILES string of the molecule is S=c1c2ccccc2nnn1CN1CCN(C/C=C/c2ccccc2)CC1. The van der Waals surface area contributed by atoms with Gasteiger partial charge in [-0.2, -0.15) is 0 Å². The Morgan fingerprint density at radius 3 is 2.41 bits per heavy atom. The van der Waals surface area contributed by atoms with Crippen LogP contribution in [0.3, 0.4) is 0 Å². The van der Waals surface area contributed by atoms with E-state index >= 15 is 0 Å². The van der Waals surface area contributed by atoms with E-state index in [-0.39, 0.29) is 0 Å². The van der Waals surface area contributed by atoms with Crippen molar-refractivity contribution in [3.05, 3.63) is 70.9 Å². The van der Waals surface area contributed by atoms with Gasteiger partial charge in [-0.1, -0.05) is 72.0 Å².